The van der Waals surface area contributed by atoms with Crippen LogP contribution in [0.15, 0.2) is 66.7 Å². The van der Waals surface area contributed by atoms with E-state index in [1.807, 2.05) is 54.0 Å². The van der Waals surface area contributed by atoms with Crippen molar-refractivity contribution in [2.24, 2.45) is 0 Å². The first-order chi connectivity index (χ1) is 19.3. The molecule has 0 radical (unpaired) electrons. The number of rotatable bonds is 8. The molecule has 3 amide bonds. The van der Waals surface area contributed by atoms with Crippen molar-refractivity contribution in [1.29, 1.82) is 5.26 Å². The molecule has 1 saturated heterocycles. The molecule has 4 rings (SSSR count). The van der Waals surface area contributed by atoms with Gasteiger partial charge in [0, 0.05) is 44.4 Å². The smallest absolute Gasteiger partial charge is 0.319 e. The van der Waals surface area contributed by atoms with Gasteiger partial charge in [0.2, 0.25) is 5.91 Å². The first-order valence-corrected chi connectivity index (χ1v) is 13.7. The number of carbonyl (C=O) groups is 2. The molecule has 3 aromatic rings. The molecule has 0 unspecified atom stereocenters. The van der Waals surface area contributed by atoms with Gasteiger partial charge in [-0.3, -0.25) is 4.79 Å². The normalized spacial score (nSPS) is 14.3. The van der Waals surface area contributed by atoms with Crippen LogP contribution >= 0.6 is 0 Å². The van der Waals surface area contributed by atoms with E-state index in [1.165, 1.54) is 6.07 Å². The molecule has 0 saturated carbocycles. The molecule has 0 aromatic heterocycles. The lowest BCUT2D eigenvalue weighted by Gasteiger charge is -2.43. The predicted octanol–water partition coefficient (Wildman–Crippen LogP) is 6.72. The summed E-state index contributed by atoms with van der Waals surface area (Å²) < 4.78 is 26.9. The fourth-order valence-electron chi connectivity index (χ4n) is 5.44. The molecule has 208 valence electrons. The number of nitriles is 1. The van der Waals surface area contributed by atoms with Gasteiger partial charge in [-0.15, -0.1) is 0 Å². The average Bonchev–Trinajstić information content (AvgIpc) is 2.99. The van der Waals surface area contributed by atoms with Crippen LogP contribution in [-0.2, 0) is 10.2 Å². The summed E-state index contributed by atoms with van der Waals surface area (Å²) in [5.74, 6) is -2.26. The lowest BCUT2D eigenvalue weighted by atomic mass is 9.69. The summed E-state index contributed by atoms with van der Waals surface area (Å²) in [4.78, 5) is 29.5. The van der Waals surface area contributed by atoms with Crippen LogP contribution in [0.2, 0.25) is 0 Å². The number of benzene rings is 3. The number of amides is 3. The minimum atomic E-state index is -1.01. The molecule has 1 heterocycles. The highest BCUT2D eigenvalue weighted by molar-refractivity contribution is 5.90. The molecule has 8 heteroatoms. The molecular formula is C32H34F2N4O2. The van der Waals surface area contributed by atoms with Crippen molar-refractivity contribution in [3.8, 4) is 17.2 Å². The van der Waals surface area contributed by atoms with E-state index in [-0.39, 0.29) is 29.5 Å². The van der Waals surface area contributed by atoms with Crippen LogP contribution in [0.5, 0.6) is 0 Å². The first-order valence-electron chi connectivity index (χ1n) is 13.7. The van der Waals surface area contributed by atoms with E-state index in [2.05, 4.69) is 23.5 Å². The fourth-order valence-corrected chi connectivity index (χ4v) is 5.44. The van der Waals surface area contributed by atoms with Gasteiger partial charge in [-0.1, -0.05) is 36.4 Å². The summed E-state index contributed by atoms with van der Waals surface area (Å²) in [5, 5.41) is 11.9. The Morgan fingerprint density at radius 1 is 0.950 bits per heavy atom. The molecule has 1 N–H and O–H groups in total. The Labute approximate surface area is 234 Å². The number of urea groups is 1. The standard InChI is InChI=1S/C32H34F2N4O2/c1-3-37(4-2)31(40)38-18-16-32(17-19-38,15-14-30(39)36-27-12-13-28(33)29(34)21-27)26-10-8-24(9-11-26)25-7-5-6-23(20-25)22-35/h5-13,20-21H,3-4,14-19H2,1-2H3,(H,36,39). The van der Waals surface area contributed by atoms with E-state index in [1.54, 1.807) is 6.07 Å². The quantitative estimate of drug-likeness (QED) is 0.342. The number of halogens is 2. The summed E-state index contributed by atoms with van der Waals surface area (Å²) >= 11 is 0. The predicted molar refractivity (Wildman–Crippen MR) is 152 cm³/mol. The third-order valence-corrected chi connectivity index (χ3v) is 7.88. The molecule has 40 heavy (non-hydrogen) atoms. The van der Waals surface area contributed by atoms with Gasteiger partial charge in [0.15, 0.2) is 11.6 Å². The van der Waals surface area contributed by atoms with Gasteiger partial charge in [0.25, 0.3) is 0 Å². The summed E-state index contributed by atoms with van der Waals surface area (Å²) in [6, 6.07) is 21.2. The number of nitrogens with one attached hydrogen (secondary N) is 1. The van der Waals surface area contributed by atoms with Gasteiger partial charge in [-0.05, 0) is 79.5 Å². The number of hydrogen-bond donors (Lipinski definition) is 1. The molecule has 6 nitrogen and oxygen atoms in total. The van der Waals surface area contributed by atoms with Crippen LogP contribution in [0, 0.1) is 23.0 Å². The molecule has 0 aliphatic carbocycles. The summed E-state index contributed by atoms with van der Waals surface area (Å²) in [6.07, 6.45) is 2.12. The number of anilines is 1. The molecular weight excluding hydrogens is 510 g/mol. The van der Waals surface area contributed by atoms with Crippen LogP contribution < -0.4 is 5.32 Å². The second-order valence-electron chi connectivity index (χ2n) is 10.2. The Bertz CT molecular complexity index is 1390. The molecule has 1 aliphatic rings. The van der Waals surface area contributed by atoms with E-state index < -0.39 is 11.6 Å². The monoisotopic (exact) mass is 544 g/mol. The molecule has 1 aliphatic heterocycles. The van der Waals surface area contributed by atoms with Crippen molar-refractivity contribution in [3.05, 3.63) is 89.5 Å². The van der Waals surface area contributed by atoms with Crippen molar-refractivity contribution in [2.75, 3.05) is 31.5 Å². The van der Waals surface area contributed by atoms with E-state index in [4.69, 9.17) is 0 Å². The lowest BCUT2D eigenvalue weighted by Crippen LogP contribution is -2.50. The zero-order valence-electron chi connectivity index (χ0n) is 22.9. The summed E-state index contributed by atoms with van der Waals surface area (Å²) in [5.41, 5.74) is 3.49. The number of piperidine rings is 1. The average molecular weight is 545 g/mol. The minimum Gasteiger partial charge on any atom is -0.326 e. The molecule has 0 spiro atoms. The largest absolute Gasteiger partial charge is 0.326 e. The molecule has 1 fully saturated rings. The van der Waals surface area contributed by atoms with E-state index >= 15 is 0 Å². The van der Waals surface area contributed by atoms with Gasteiger partial charge in [0.1, 0.15) is 0 Å². The van der Waals surface area contributed by atoms with Crippen molar-refractivity contribution in [1.82, 2.24) is 9.80 Å². The van der Waals surface area contributed by atoms with Crippen LogP contribution in [-0.4, -0.2) is 47.9 Å². The second kappa shape index (κ2) is 12.7. The third kappa shape index (κ3) is 6.48. The maximum atomic E-state index is 13.6. The second-order valence-corrected chi connectivity index (χ2v) is 10.2. The van der Waals surface area contributed by atoms with Crippen molar-refractivity contribution < 1.29 is 18.4 Å². The van der Waals surface area contributed by atoms with Gasteiger partial charge in [-0.2, -0.15) is 5.26 Å². The first kappa shape index (κ1) is 28.8. The Kier molecular flexibility index (Phi) is 9.15. The number of hydrogen-bond acceptors (Lipinski definition) is 3. The van der Waals surface area contributed by atoms with E-state index in [0.29, 0.717) is 51.0 Å². The Hall–Kier alpha value is -4.25. The maximum Gasteiger partial charge on any atom is 0.319 e. The lowest BCUT2D eigenvalue weighted by molar-refractivity contribution is -0.116. The highest BCUT2D eigenvalue weighted by Gasteiger charge is 2.38. The maximum absolute atomic E-state index is 13.6. The summed E-state index contributed by atoms with van der Waals surface area (Å²) in [7, 11) is 0. The van der Waals surface area contributed by atoms with Crippen molar-refractivity contribution >= 4 is 17.6 Å². The third-order valence-electron chi connectivity index (χ3n) is 7.88. The zero-order chi connectivity index (χ0) is 28.7. The topological polar surface area (TPSA) is 76.4 Å². The van der Waals surface area contributed by atoms with Gasteiger partial charge < -0.3 is 15.1 Å². The van der Waals surface area contributed by atoms with Crippen molar-refractivity contribution in [3.63, 3.8) is 0 Å². The Morgan fingerprint density at radius 2 is 1.65 bits per heavy atom. The number of carbonyl (C=O) groups excluding carboxylic acids is 2. The van der Waals surface area contributed by atoms with Crippen LogP contribution in [0.1, 0.15) is 50.7 Å². The Morgan fingerprint density at radius 3 is 2.27 bits per heavy atom. The summed E-state index contributed by atoms with van der Waals surface area (Å²) in [6.45, 7) is 6.38. The van der Waals surface area contributed by atoms with Gasteiger partial charge in [0.05, 0.1) is 11.6 Å². The van der Waals surface area contributed by atoms with E-state index in [9.17, 15) is 23.6 Å². The van der Waals surface area contributed by atoms with Crippen LogP contribution in [0.25, 0.3) is 11.1 Å². The highest BCUT2D eigenvalue weighted by atomic mass is 19.2. The zero-order valence-corrected chi connectivity index (χ0v) is 22.9. The molecule has 0 bridgehead atoms. The molecule has 3 aromatic carbocycles. The van der Waals surface area contributed by atoms with E-state index in [0.717, 1.165) is 28.8 Å². The van der Waals surface area contributed by atoms with Crippen molar-refractivity contribution in [2.45, 2.75) is 44.9 Å². The van der Waals surface area contributed by atoms with Crippen LogP contribution in [0.3, 0.4) is 0 Å². The molecule has 0 atom stereocenters. The number of nitrogens with zero attached hydrogens (tertiary/aromatic N) is 3. The SMILES string of the molecule is CCN(CC)C(=O)N1CCC(CCC(=O)Nc2ccc(F)c(F)c2)(c2ccc(-c3cccc(C#N)c3)cc2)CC1. The minimum absolute atomic E-state index is 0.0300. The Balaban J connectivity index is 1.54. The van der Waals surface area contributed by atoms with Gasteiger partial charge in [-0.25, -0.2) is 13.6 Å². The van der Waals surface area contributed by atoms with Gasteiger partial charge >= 0.3 is 6.03 Å². The number of likely N-dealkylation sites (tertiary alicyclic amines) is 1. The van der Waals surface area contributed by atoms with Crippen LogP contribution in [0.4, 0.5) is 19.3 Å². The highest BCUT2D eigenvalue weighted by Crippen LogP contribution is 2.41. The fraction of sp³-hybridized carbons (Fsp3) is 0.344.